The predicted octanol–water partition coefficient (Wildman–Crippen LogP) is 4.12. The topological polar surface area (TPSA) is 81.2 Å². The highest BCUT2D eigenvalue weighted by atomic mass is 32.2. The second-order valence-electron chi connectivity index (χ2n) is 11.7. The van der Waals surface area contributed by atoms with E-state index in [0.717, 1.165) is 24.8 Å². The number of thioether (sulfide) groups is 1. The number of nitrogens with zero attached hydrogens (tertiary/aromatic N) is 3. The summed E-state index contributed by atoms with van der Waals surface area (Å²) in [5.74, 6) is -1.44. The van der Waals surface area contributed by atoms with Crippen LogP contribution in [0.1, 0.15) is 52.0 Å². The van der Waals surface area contributed by atoms with Crippen LogP contribution >= 0.6 is 11.8 Å². The standard InChI is InChI=1S/C32H45N3O4S/c1-6-9-19-33(17-7-2)31(39)28-32-16-15-25(40-32)26(27(32)30(38)35(28)24(21-36)22(4)5)29(37)34(18-8-3)20-23-13-11-10-12-14-23/h7-8,10-14,22,24-28,36H,2-3,6,9,15-21H2,1,4-5H3/t24-,25-,26+,27-,28?,32?/m0/s1. The van der Waals surface area contributed by atoms with Crippen molar-refractivity contribution in [1.29, 1.82) is 0 Å². The van der Waals surface area contributed by atoms with Gasteiger partial charge in [-0.3, -0.25) is 14.4 Å². The van der Waals surface area contributed by atoms with Crippen LogP contribution < -0.4 is 0 Å². The van der Waals surface area contributed by atoms with Crippen molar-refractivity contribution < 1.29 is 19.5 Å². The molecule has 2 unspecified atom stereocenters. The van der Waals surface area contributed by atoms with Crippen LogP contribution in [0.3, 0.4) is 0 Å². The first-order valence-corrected chi connectivity index (χ1v) is 15.6. The molecule has 3 aliphatic heterocycles. The number of rotatable bonds is 14. The lowest BCUT2D eigenvalue weighted by molar-refractivity contribution is -0.148. The number of likely N-dealkylation sites (tertiary alicyclic amines) is 1. The zero-order valence-corrected chi connectivity index (χ0v) is 25.0. The molecule has 1 aromatic carbocycles. The second-order valence-corrected chi connectivity index (χ2v) is 13.3. The average Bonchev–Trinajstić information content (AvgIpc) is 3.58. The van der Waals surface area contributed by atoms with Crippen LogP contribution in [-0.2, 0) is 20.9 Å². The lowest BCUT2D eigenvalue weighted by Crippen LogP contribution is -2.58. The van der Waals surface area contributed by atoms with E-state index in [2.05, 4.69) is 20.1 Å². The zero-order valence-electron chi connectivity index (χ0n) is 24.2. The van der Waals surface area contributed by atoms with Gasteiger partial charge in [-0.1, -0.05) is 69.7 Å². The Bertz CT molecular complexity index is 1090. The third kappa shape index (κ3) is 5.37. The molecular weight excluding hydrogens is 522 g/mol. The van der Waals surface area contributed by atoms with Gasteiger partial charge in [0.15, 0.2) is 0 Å². The number of fused-ring (bicyclic) bond motifs is 1. The molecule has 0 saturated carbocycles. The fourth-order valence-electron chi connectivity index (χ4n) is 7.00. The van der Waals surface area contributed by atoms with E-state index >= 15 is 0 Å². The fourth-order valence-corrected chi connectivity index (χ4v) is 9.19. The molecule has 2 bridgehead atoms. The van der Waals surface area contributed by atoms with Gasteiger partial charge in [-0.2, -0.15) is 0 Å². The molecule has 1 aromatic rings. The average molecular weight is 568 g/mol. The van der Waals surface area contributed by atoms with E-state index in [4.69, 9.17) is 0 Å². The van der Waals surface area contributed by atoms with Crippen molar-refractivity contribution in [3.63, 3.8) is 0 Å². The molecule has 3 aliphatic rings. The number of benzene rings is 1. The number of carbonyl (C=O) groups is 3. The van der Waals surface area contributed by atoms with E-state index in [-0.39, 0.29) is 35.5 Å². The summed E-state index contributed by atoms with van der Waals surface area (Å²) in [6.45, 7) is 15.4. The SMILES string of the molecule is C=CCN(CCCC)C(=O)C1N([C@@H](CO)C(C)C)C(=O)[C@@H]2[C@H](C(=O)N(CC=C)Cc3ccccc3)[C@@H]3CCC12S3. The first kappa shape index (κ1) is 30.4. The summed E-state index contributed by atoms with van der Waals surface area (Å²) >= 11 is 1.68. The Morgan fingerprint density at radius 1 is 1.15 bits per heavy atom. The molecular formula is C32H45N3O4S. The fraction of sp³-hybridized carbons (Fsp3) is 0.594. The molecule has 0 aromatic heterocycles. The number of aliphatic hydroxyl groups is 1. The van der Waals surface area contributed by atoms with Crippen LogP contribution in [0.25, 0.3) is 0 Å². The first-order chi connectivity index (χ1) is 19.2. The van der Waals surface area contributed by atoms with Crippen LogP contribution in [-0.4, -0.2) is 85.8 Å². The van der Waals surface area contributed by atoms with Crippen molar-refractivity contribution in [1.82, 2.24) is 14.7 Å². The van der Waals surface area contributed by atoms with Gasteiger partial charge < -0.3 is 19.8 Å². The Morgan fingerprint density at radius 3 is 2.42 bits per heavy atom. The van der Waals surface area contributed by atoms with Crippen molar-refractivity contribution in [3.05, 3.63) is 61.2 Å². The Hall–Kier alpha value is -2.58. The molecule has 3 heterocycles. The van der Waals surface area contributed by atoms with Gasteiger partial charge in [0.05, 0.1) is 29.2 Å². The summed E-state index contributed by atoms with van der Waals surface area (Å²) in [7, 11) is 0. The van der Waals surface area contributed by atoms with Gasteiger partial charge in [0, 0.05) is 31.4 Å². The number of unbranched alkanes of at least 4 members (excludes halogenated alkanes) is 1. The number of aliphatic hydroxyl groups excluding tert-OH is 1. The Morgan fingerprint density at radius 2 is 1.82 bits per heavy atom. The number of hydrogen-bond donors (Lipinski definition) is 1. The van der Waals surface area contributed by atoms with Gasteiger partial charge in [-0.25, -0.2) is 0 Å². The second kappa shape index (κ2) is 12.9. The summed E-state index contributed by atoms with van der Waals surface area (Å²) in [4.78, 5) is 48.4. The highest BCUT2D eigenvalue weighted by Crippen LogP contribution is 2.67. The molecule has 6 atom stereocenters. The minimum Gasteiger partial charge on any atom is -0.394 e. The quantitative estimate of drug-likeness (QED) is 0.342. The minimum atomic E-state index is -0.712. The summed E-state index contributed by atoms with van der Waals surface area (Å²) in [5.41, 5.74) is 1.02. The summed E-state index contributed by atoms with van der Waals surface area (Å²) in [5, 5.41) is 10.4. The maximum atomic E-state index is 14.5. The Kier molecular flexibility index (Phi) is 9.83. The maximum absolute atomic E-state index is 14.5. The highest BCUT2D eigenvalue weighted by Gasteiger charge is 2.74. The molecule has 218 valence electrons. The van der Waals surface area contributed by atoms with E-state index in [9.17, 15) is 19.5 Å². The van der Waals surface area contributed by atoms with E-state index in [1.807, 2.05) is 49.1 Å². The maximum Gasteiger partial charge on any atom is 0.247 e. The third-order valence-corrected chi connectivity index (χ3v) is 10.8. The third-order valence-electron chi connectivity index (χ3n) is 8.89. The number of amides is 3. The lowest BCUT2D eigenvalue weighted by Gasteiger charge is -2.40. The predicted molar refractivity (Wildman–Crippen MR) is 160 cm³/mol. The van der Waals surface area contributed by atoms with Crippen molar-refractivity contribution in [2.45, 2.75) is 75.1 Å². The summed E-state index contributed by atoms with van der Waals surface area (Å²) in [6, 6.07) is 8.64. The smallest absolute Gasteiger partial charge is 0.247 e. The normalized spacial score (nSPS) is 27.5. The molecule has 1 N–H and O–H groups in total. The number of carbonyl (C=O) groups excluding carboxylic acids is 3. The van der Waals surface area contributed by atoms with E-state index in [0.29, 0.717) is 32.6 Å². The van der Waals surface area contributed by atoms with Crippen LogP contribution in [0.4, 0.5) is 0 Å². The van der Waals surface area contributed by atoms with E-state index < -0.39 is 28.7 Å². The molecule has 0 radical (unpaired) electrons. The molecule has 40 heavy (non-hydrogen) atoms. The van der Waals surface area contributed by atoms with Gasteiger partial charge in [-0.05, 0) is 30.7 Å². The number of hydrogen-bond acceptors (Lipinski definition) is 5. The molecule has 3 fully saturated rings. The van der Waals surface area contributed by atoms with Gasteiger partial charge in [0.1, 0.15) is 6.04 Å². The van der Waals surface area contributed by atoms with Crippen molar-refractivity contribution in [2.24, 2.45) is 17.8 Å². The molecule has 8 heteroatoms. The van der Waals surface area contributed by atoms with Crippen molar-refractivity contribution in [3.8, 4) is 0 Å². The summed E-state index contributed by atoms with van der Waals surface area (Å²) in [6.07, 6.45) is 6.77. The monoisotopic (exact) mass is 567 g/mol. The van der Waals surface area contributed by atoms with Crippen LogP contribution in [0, 0.1) is 17.8 Å². The molecule has 7 nitrogen and oxygen atoms in total. The molecule has 3 amide bonds. The molecule has 4 rings (SSSR count). The van der Waals surface area contributed by atoms with E-state index in [1.54, 1.807) is 33.7 Å². The first-order valence-electron chi connectivity index (χ1n) is 14.7. The summed E-state index contributed by atoms with van der Waals surface area (Å²) < 4.78 is -0.681. The molecule has 0 aliphatic carbocycles. The van der Waals surface area contributed by atoms with Crippen LogP contribution in [0.5, 0.6) is 0 Å². The lowest BCUT2D eigenvalue weighted by atomic mass is 9.70. The zero-order chi connectivity index (χ0) is 29.0. The van der Waals surface area contributed by atoms with E-state index in [1.165, 1.54) is 0 Å². The van der Waals surface area contributed by atoms with Gasteiger partial charge in [-0.15, -0.1) is 24.9 Å². The van der Waals surface area contributed by atoms with Gasteiger partial charge in [0.25, 0.3) is 0 Å². The van der Waals surface area contributed by atoms with Crippen LogP contribution in [0.15, 0.2) is 55.6 Å². The van der Waals surface area contributed by atoms with Gasteiger partial charge in [0.2, 0.25) is 17.7 Å². The Balaban J connectivity index is 1.74. The van der Waals surface area contributed by atoms with Crippen molar-refractivity contribution in [2.75, 3.05) is 26.2 Å². The van der Waals surface area contributed by atoms with Crippen molar-refractivity contribution >= 4 is 29.5 Å². The largest absolute Gasteiger partial charge is 0.394 e. The molecule has 1 spiro atoms. The van der Waals surface area contributed by atoms with Gasteiger partial charge >= 0.3 is 0 Å². The minimum absolute atomic E-state index is 0.0166. The highest BCUT2D eigenvalue weighted by molar-refractivity contribution is 8.02. The Labute approximate surface area is 243 Å². The molecule has 3 saturated heterocycles. The van der Waals surface area contributed by atoms with Crippen LogP contribution in [0.2, 0.25) is 0 Å².